The minimum absolute atomic E-state index is 0.0640. The van der Waals surface area contributed by atoms with Crippen LogP contribution < -0.4 is 10.6 Å². The molecule has 1 saturated heterocycles. The number of anilines is 1. The molecule has 7 heteroatoms. The van der Waals surface area contributed by atoms with Crippen LogP contribution in [0.15, 0.2) is 78.9 Å². The molecular formula is C29H31N3O3S. The van der Waals surface area contributed by atoms with Gasteiger partial charge in [0.05, 0.1) is 17.0 Å². The van der Waals surface area contributed by atoms with E-state index in [1.54, 1.807) is 48.2 Å². The summed E-state index contributed by atoms with van der Waals surface area (Å²) in [4.78, 5) is 40.0. The van der Waals surface area contributed by atoms with Crippen LogP contribution in [0.4, 0.5) is 5.69 Å². The normalized spacial score (nSPS) is 15.1. The first-order valence-electron chi connectivity index (χ1n) is 12.3. The first kappa shape index (κ1) is 25.5. The Hall–Kier alpha value is -3.58. The van der Waals surface area contributed by atoms with Crippen LogP contribution >= 0.6 is 11.8 Å². The summed E-state index contributed by atoms with van der Waals surface area (Å²) in [6, 6.07) is 24.5. The molecule has 0 bridgehead atoms. The number of rotatable bonds is 10. The summed E-state index contributed by atoms with van der Waals surface area (Å²) in [5.41, 5.74) is 3.60. The molecule has 186 valence electrons. The van der Waals surface area contributed by atoms with Crippen molar-refractivity contribution in [3.8, 4) is 0 Å². The van der Waals surface area contributed by atoms with Gasteiger partial charge in [-0.25, -0.2) is 0 Å². The van der Waals surface area contributed by atoms with Gasteiger partial charge in [-0.3, -0.25) is 14.4 Å². The maximum Gasteiger partial charge on any atom is 0.255 e. The highest BCUT2D eigenvalue weighted by Crippen LogP contribution is 2.38. The van der Waals surface area contributed by atoms with Crippen LogP contribution in [-0.4, -0.2) is 41.5 Å². The summed E-state index contributed by atoms with van der Waals surface area (Å²) >= 11 is 1.61. The molecule has 0 spiro atoms. The molecule has 3 amide bonds. The van der Waals surface area contributed by atoms with E-state index in [2.05, 4.69) is 29.7 Å². The van der Waals surface area contributed by atoms with Crippen LogP contribution in [-0.2, 0) is 11.2 Å². The maximum atomic E-state index is 12.9. The number of carbonyl (C=O) groups is 3. The first-order valence-corrected chi connectivity index (χ1v) is 13.3. The van der Waals surface area contributed by atoms with Crippen molar-refractivity contribution in [2.45, 2.75) is 31.6 Å². The Balaban J connectivity index is 1.41. The van der Waals surface area contributed by atoms with Gasteiger partial charge in [0.15, 0.2) is 0 Å². The standard InChI is InChI=1S/C29H31N3O3S/c1-2-3-18-30-28(35)24-11-7-8-12-25(24)31-27(34)22-13-15-23(16-14-22)29-32(26(33)20-36-29)19-17-21-9-5-4-6-10-21/h4-16,29H,2-3,17-20H2,1H3,(H,30,35)(H,31,34)/t29-/m0/s1. The molecule has 6 nitrogen and oxygen atoms in total. The molecule has 3 aromatic rings. The quantitative estimate of drug-likeness (QED) is 0.370. The van der Waals surface area contributed by atoms with Crippen molar-refractivity contribution in [1.82, 2.24) is 10.2 Å². The Bertz CT molecular complexity index is 1200. The van der Waals surface area contributed by atoms with Crippen LogP contribution in [0.2, 0.25) is 0 Å². The third-order valence-electron chi connectivity index (χ3n) is 6.15. The summed E-state index contributed by atoms with van der Waals surface area (Å²) in [6.07, 6.45) is 2.70. The number of nitrogens with zero attached hydrogens (tertiary/aromatic N) is 1. The lowest BCUT2D eigenvalue weighted by atomic mass is 10.1. The van der Waals surface area contributed by atoms with E-state index >= 15 is 0 Å². The van der Waals surface area contributed by atoms with Gasteiger partial charge in [0.1, 0.15) is 5.37 Å². The molecule has 1 aliphatic heterocycles. The topological polar surface area (TPSA) is 78.5 Å². The van der Waals surface area contributed by atoms with Gasteiger partial charge in [-0.1, -0.05) is 67.9 Å². The van der Waals surface area contributed by atoms with E-state index in [9.17, 15) is 14.4 Å². The fraction of sp³-hybridized carbons (Fsp3) is 0.276. The lowest BCUT2D eigenvalue weighted by molar-refractivity contribution is -0.128. The van der Waals surface area contributed by atoms with Gasteiger partial charge >= 0.3 is 0 Å². The number of hydrogen-bond acceptors (Lipinski definition) is 4. The monoisotopic (exact) mass is 501 g/mol. The van der Waals surface area contributed by atoms with Gasteiger partial charge in [0.2, 0.25) is 5.91 Å². The Labute approximate surface area is 216 Å². The second-order valence-electron chi connectivity index (χ2n) is 8.72. The largest absolute Gasteiger partial charge is 0.352 e. The Morgan fingerprint density at radius 2 is 1.67 bits per heavy atom. The molecule has 0 saturated carbocycles. The van der Waals surface area contributed by atoms with E-state index in [0.717, 1.165) is 24.8 Å². The Morgan fingerprint density at radius 1 is 0.944 bits per heavy atom. The molecule has 1 heterocycles. The van der Waals surface area contributed by atoms with Crippen LogP contribution in [0.1, 0.15) is 57.0 Å². The number of benzene rings is 3. The van der Waals surface area contributed by atoms with Crippen molar-refractivity contribution < 1.29 is 14.4 Å². The summed E-state index contributed by atoms with van der Waals surface area (Å²) in [5, 5.41) is 5.70. The molecule has 4 rings (SSSR count). The molecular weight excluding hydrogens is 470 g/mol. The highest BCUT2D eigenvalue weighted by molar-refractivity contribution is 8.00. The fourth-order valence-electron chi connectivity index (χ4n) is 4.12. The third-order valence-corrected chi connectivity index (χ3v) is 7.40. The van der Waals surface area contributed by atoms with E-state index in [0.29, 0.717) is 35.7 Å². The molecule has 0 aliphatic carbocycles. The van der Waals surface area contributed by atoms with Crippen molar-refractivity contribution in [3.63, 3.8) is 0 Å². The van der Waals surface area contributed by atoms with Crippen molar-refractivity contribution in [3.05, 3.63) is 101 Å². The number of nitrogens with one attached hydrogen (secondary N) is 2. The fourth-order valence-corrected chi connectivity index (χ4v) is 5.34. The molecule has 0 radical (unpaired) electrons. The lowest BCUT2D eigenvalue weighted by Crippen LogP contribution is -2.30. The minimum atomic E-state index is -0.286. The minimum Gasteiger partial charge on any atom is -0.352 e. The number of para-hydroxylation sites is 1. The predicted octanol–water partition coefficient (Wildman–Crippen LogP) is 5.29. The van der Waals surface area contributed by atoms with Gasteiger partial charge in [0, 0.05) is 18.7 Å². The zero-order valence-electron chi connectivity index (χ0n) is 20.4. The maximum absolute atomic E-state index is 12.9. The van der Waals surface area contributed by atoms with Crippen molar-refractivity contribution in [2.24, 2.45) is 0 Å². The summed E-state index contributed by atoms with van der Waals surface area (Å²) in [7, 11) is 0. The number of unbranched alkanes of at least 4 members (excludes halogenated alkanes) is 1. The molecule has 1 atom stereocenters. The van der Waals surface area contributed by atoms with Crippen LogP contribution in [0, 0.1) is 0 Å². The van der Waals surface area contributed by atoms with E-state index in [1.807, 2.05) is 35.2 Å². The molecule has 0 unspecified atom stereocenters. The second kappa shape index (κ2) is 12.4. The van der Waals surface area contributed by atoms with Crippen LogP contribution in [0.25, 0.3) is 0 Å². The molecule has 0 aromatic heterocycles. The van der Waals surface area contributed by atoms with Gasteiger partial charge in [-0.2, -0.15) is 0 Å². The Morgan fingerprint density at radius 3 is 2.42 bits per heavy atom. The summed E-state index contributed by atoms with van der Waals surface area (Å²) in [6.45, 7) is 3.32. The Kier molecular flexibility index (Phi) is 8.79. The van der Waals surface area contributed by atoms with Gasteiger partial charge < -0.3 is 15.5 Å². The smallest absolute Gasteiger partial charge is 0.255 e. The molecule has 36 heavy (non-hydrogen) atoms. The van der Waals surface area contributed by atoms with Crippen LogP contribution in [0.3, 0.4) is 0 Å². The number of carbonyl (C=O) groups excluding carboxylic acids is 3. The second-order valence-corrected chi connectivity index (χ2v) is 9.79. The average molecular weight is 502 g/mol. The SMILES string of the molecule is CCCCNC(=O)c1ccccc1NC(=O)c1ccc([C@@H]2SCC(=O)N2CCc2ccccc2)cc1. The van der Waals surface area contributed by atoms with Gasteiger partial charge in [-0.15, -0.1) is 11.8 Å². The number of hydrogen-bond donors (Lipinski definition) is 2. The summed E-state index contributed by atoms with van der Waals surface area (Å²) in [5.74, 6) is 0.106. The van der Waals surface area contributed by atoms with Crippen molar-refractivity contribution in [2.75, 3.05) is 24.2 Å². The molecule has 3 aromatic carbocycles. The van der Waals surface area contributed by atoms with E-state index < -0.39 is 0 Å². The zero-order chi connectivity index (χ0) is 25.3. The highest BCUT2D eigenvalue weighted by atomic mass is 32.2. The first-order chi connectivity index (χ1) is 17.6. The number of thioether (sulfide) groups is 1. The van der Waals surface area contributed by atoms with Gasteiger partial charge in [0.25, 0.3) is 11.8 Å². The van der Waals surface area contributed by atoms with E-state index in [4.69, 9.17) is 0 Å². The molecule has 1 aliphatic rings. The number of amides is 3. The molecule has 2 N–H and O–H groups in total. The third kappa shape index (κ3) is 6.34. The molecule has 1 fully saturated rings. The zero-order valence-corrected chi connectivity index (χ0v) is 21.2. The van der Waals surface area contributed by atoms with Crippen LogP contribution in [0.5, 0.6) is 0 Å². The highest BCUT2D eigenvalue weighted by Gasteiger charge is 2.32. The van der Waals surface area contributed by atoms with Crippen molar-refractivity contribution in [1.29, 1.82) is 0 Å². The summed E-state index contributed by atoms with van der Waals surface area (Å²) < 4.78 is 0. The predicted molar refractivity (Wildman–Crippen MR) is 145 cm³/mol. The van der Waals surface area contributed by atoms with Crippen molar-refractivity contribution >= 4 is 35.2 Å². The van der Waals surface area contributed by atoms with E-state index in [1.165, 1.54) is 5.56 Å². The van der Waals surface area contributed by atoms with Gasteiger partial charge in [-0.05, 0) is 48.2 Å². The average Bonchev–Trinajstić information content (AvgIpc) is 3.28. The van der Waals surface area contributed by atoms with E-state index in [-0.39, 0.29) is 23.1 Å². The lowest BCUT2D eigenvalue weighted by Gasteiger charge is -2.24.